The second-order valence-electron chi connectivity index (χ2n) is 6.19. The summed E-state index contributed by atoms with van der Waals surface area (Å²) < 4.78 is 24.6. The van der Waals surface area contributed by atoms with Crippen molar-refractivity contribution in [1.82, 2.24) is 9.80 Å². The van der Waals surface area contributed by atoms with Gasteiger partial charge in [-0.05, 0) is 25.5 Å². The Bertz CT molecular complexity index is 538. The van der Waals surface area contributed by atoms with E-state index >= 15 is 0 Å². The fraction of sp³-hybridized carbons (Fsp3) is 0.588. The number of para-hydroxylation sites is 1. The van der Waals surface area contributed by atoms with Gasteiger partial charge in [-0.3, -0.25) is 9.69 Å². The van der Waals surface area contributed by atoms with Gasteiger partial charge in [0.2, 0.25) is 0 Å². The van der Waals surface area contributed by atoms with E-state index in [-0.39, 0.29) is 17.5 Å². The summed E-state index contributed by atoms with van der Waals surface area (Å²) in [6.45, 7) is 4.94. The number of carbonyl (C=O) groups excluding carboxylic acids is 1. The Labute approximate surface area is 137 Å². The monoisotopic (exact) mass is 324 g/mol. The fourth-order valence-corrected chi connectivity index (χ4v) is 2.78. The van der Waals surface area contributed by atoms with Gasteiger partial charge in [-0.25, -0.2) is 4.39 Å². The van der Waals surface area contributed by atoms with Crippen molar-refractivity contribution in [1.29, 1.82) is 0 Å². The highest BCUT2D eigenvalue weighted by Crippen LogP contribution is 2.20. The van der Waals surface area contributed by atoms with Gasteiger partial charge in [0.25, 0.3) is 5.91 Å². The third-order valence-electron chi connectivity index (χ3n) is 3.92. The molecule has 0 N–H and O–H groups in total. The molecule has 1 atom stereocenters. The van der Waals surface area contributed by atoms with Crippen LogP contribution >= 0.6 is 0 Å². The molecule has 0 unspecified atom stereocenters. The number of likely N-dealkylation sites (N-methyl/N-ethyl adjacent to an activating group) is 1. The molecular formula is C17H25FN2O3. The number of nitrogens with zero attached hydrogens (tertiary/aromatic N) is 2. The molecule has 2 rings (SSSR count). The molecule has 23 heavy (non-hydrogen) atoms. The number of hydrogen-bond donors (Lipinski definition) is 0. The zero-order valence-corrected chi connectivity index (χ0v) is 14.0. The molecule has 0 spiro atoms. The van der Waals surface area contributed by atoms with Crippen molar-refractivity contribution in [3.63, 3.8) is 0 Å². The smallest absolute Gasteiger partial charge is 0.255 e. The summed E-state index contributed by atoms with van der Waals surface area (Å²) in [5.41, 5.74) is -0.797. The van der Waals surface area contributed by atoms with Crippen LogP contribution in [-0.2, 0) is 9.53 Å². The molecule has 1 aromatic rings. The Morgan fingerprint density at radius 3 is 2.87 bits per heavy atom. The zero-order chi connectivity index (χ0) is 16.9. The van der Waals surface area contributed by atoms with Gasteiger partial charge in [-0.2, -0.15) is 0 Å². The Hall–Kier alpha value is -1.66. The number of hydrogen-bond acceptors (Lipinski definition) is 4. The molecule has 0 aliphatic carbocycles. The second-order valence-corrected chi connectivity index (χ2v) is 6.19. The predicted molar refractivity (Wildman–Crippen MR) is 86.0 cm³/mol. The standard InChI is InChI=1S/C17H25FN2O3/c1-17(16(21)19(2)3)13-20(10-12-23-17)9-6-11-22-15-8-5-4-7-14(15)18/h4-5,7-8H,6,9-13H2,1-3H3/t17-/m0/s1. The number of morpholine rings is 1. The lowest BCUT2D eigenvalue weighted by atomic mass is 10.0. The van der Waals surface area contributed by atoms with Crippen LogP contribution in [0, 0.1) is 5.82 Å². The SMILES string of the molecule is CN(C)C(=O)[C@]1(C)CN(CCCOc2ccccc2F)CCO1. The summed E-state index contributed by atoms with van der Waals surface area (Å²) in [5.74, 6) is -0.0880. The van der Waals surface area contributed by atoms with E-state index < -0.39 is 5.60 Å². The maximum atomic E-state index is 13.4. The first kappa shape index (κ1) is 17.7. The van der Waals surface area contributed by atoms with E-state index in [1.165, 1.54) is 6.07 Å². The van der Waals surface area contributed by atoms with Crippen LogP contribution in [0.3, 0.4) is 0 Å². The van der Waals surface area contributed by atoms with Crippen LogP contribution in [-0.4, -0.2) is 68.3 Å². The van der Waals surface area contributed by atoms with Crippen LogP contribution < -0.4 is 4.74 Å². The predicted octanol–water partition coefficient (Wildman–Crippen LogP) is 1.77. The molecule has 0 bridgehead atoms. The summed E-state index contributed by atoms with van der Waals surface area (Å²) in [7, 11) is 3.47. The highest BCUT2D eigenvalue weighted by atomic mass is 19.1. The molecule has 1 aliphatic rings. The third-order valence-corrected chi connectivity index (χ3v) is 3.92. The van der Waals surface area contributed by atoms with Crippen molar-refractivity contribution in [2.24, 2.45) is 0 Å². The number of amides is 1. The largest absolute Gasteiger partial charge is 0.490 e. The lowest BCUT2D eigenvalue weighted by molar-refractivity contribution is -0.165. The Morgan fingerprint density at radius 2 is 2.17 bits per heavy atom. The first-order valence-electron chi connectivity index (χ1n) is 7.88. The Kier molecular flexibility index (Phi) is 5.96. The Balaban J connectivity index is 1.78. The van der Waals surface area contributed by atoms with Gasteiger partial charge in [0, 0.05) is 33.7 Å². The van der Waals surface area contributed by atoms with Crippen LogP contribution in [0.2, 0.25) is 0 Å². The average molecular weight is 324 g/mol. The van der Waals surface area contributed by atoms with Crippen molar-refractivity contribution >= 4 is 5.91 Å². The molecule has 1 aromatic carbocycles. The first-order chi connectivity index (χ1) is 10.9. The van der Waals surface area contributed by atoms with Gasteiger partial charge in [0.05, 0.1) is 13.2 Å². The van der Waals surface area contributed by atoms with E-state index in [2.05, 4.69) is 4.90 Å². The first-order valence-corrected chi connectivity index (χ1v) is 7.88. The maximum Gasteiger partial charge on any atom is 0.255 e. The minimum absolute atomic E-state index is 0.0233. The van der Waals surface area contributed by atoms with Crippen molar-refractivity contribution in [2.45, 2.75) is 18.9 Å². The Morgan fingerprint density at radius 1 is 1.43 bits per heavy atom. The fourth-order valence-electron chi connectivity index (χ4n) is 2.78. The molecule has 0 saturated carbocycles. The zero-order valence-electron chi connectivity index (χ0n) is 14.0. The van der Waals surface area contributed by atoms with Crippen molar-refractivity contribution in [3.8, 4) is 5.75 Å². The third kappa shape index (κ3) is 4.65. The van der Waals surface area contributed by atoms with E-state index in [0.29, 0.717) is 19.8 Å². The van der Waals surface area contributed by atoms with Crippen LogP contribution in [0.1, 0.15) is 13.3 Å². The molecule has 1 fully saturated rings. The highest BCUT2D eigenvalue weighted by Gasteiger charge is 2.39. The molecular weight excluding hydrogens is 299 g/mol. The molecule has 1 heterocycles. The van der Waals surface area contributed by atoms with Gasteiger partial charge in [0.1, 0.15) is 0 Å². The molecule has 0 aromatic heterocycles. The number of carbonyl (C=O) groups is 1. The topological polar surface area (TPSA) is 42.0 Å². The highest BCUT2D eigenvalue weighted by molar-refractivity contribution is 5.84. The molecule has 5 nitrogen and oxygen atoms in total. The normalized spacial score (nSPS) is 21.9. The van der Waals surface area contributed by atoms with Gasteiger partial charge in [-0.1, -0.05) is 12.1 Å². The van der Waals surface area contributed by atoms with Gasteiger partial charge < -0.3 is 14.4 Å². The molecule has 1 amide bonds. The molecule has 128 valence electrons. The number of rotatable bonds is 6. The lowest BCUT2D eigenvalue weighted by Gasteiger charge is -2.40. The van der Waals surface area contributed by atoms with Gasteiger partial charge >= 0.3 is 0 Å². The van der Waals surface area contributed by atoms with Crippen molar-refractivity contribution in [3.05, 3.63) is 30.1 Å². The summed E-state index contributed by atoms with van der Waals surface area (Å²) in [4.78, 5) is 16.0. The minimum Gasteiger partial charge on any atom is -0.490 e. The second kappa shape index (κ2) is 7.75. The number of benzene rings is 1. The average Bonchev–Trinajstić information content (AvgIpc) is 2.52. The molecule has 0 radical (unpaired) electrons. The summed E-state index contributed by atoms with van der Waals surface area (Å²) in [5, 5.41) is 0. The van der Waals surface area contributed by atoms with Crippen LogP contribution in [0.15, 0.2) is 24.3 Å². The van der Waals surface area contributed by atoms with Crippen LogP contribution in [0.4, 0.5) is 4.39 Å². The van der Waals surface area contributed by atoms with E-state index in [4.69, 9.17) is 9.47 Å². The van der Waals surface area contributed by atoms with Gasteiger partial charge in [0.15, 0.2) is 17.2 Å². The maximum absolute atomic E-state index is 13.4. The molecule has 6 heteroatoms. The van der Waals surface area contributed by atoms with E-state index in [1.807, 2.05) is 6.92 Å². The van der Waals surface area contributed by atoms with E-state index in [1.54, 1.807) is 37.2 Å². The molecule has 1 saturated heterocycles. The lowest BCUT2D eigenvalue weighted by Crippen LogP contribution is -2.58. The summed E-state index contributed by atoms with van der Waals surface area (Å²) >= 11 is 0. The number of halogens is 1. The summed E-state index contributed by atoms with van der Waals surface area (Å²) in [6, 6.07) is 6.39. The van der Waals surface area contributed by atoms with E-state index in [0.717, 1.165) is 19.5 Å². The quantitative estimate of drug-likeness (QED) is 0.748. The van der Waals surface area contributed by atoms with Crippen LogP contribution in [0.5, 0.6) is 5.75 Å². The van der Waals surface area contributed by atoms with Crippen LogP contribution in [0.25, 0.3) is 0 Å². The van der Waals surface area contributed by atoms with Gasteiger partial charge in [-0.15, -0.1) is 0 Å². The summed E-state index contributed by atoms with van der Waals surface area (Å²) in [6.07, 6.45) is 0.764. The molecule has 1 aliphatic heterocycles. The minimum atomic E-state index is -0.797. The number of ether oxygens (including phenoxy) is 2. The van der Waals surface area contributed by atoms with Crippen molar-refractivity contribution in [2.75, 3.05) is 46.9 Å². The van der Waals surface area contributed by atoms with E-state index in [9.17, 15) is 9.18 Å². The van der Waals surface area contributed by atoms with Crippen molar-refractivity contribution < 1.29 is 18.7 Å².